The zero-order chi connectivity index (χ0) is 18.5. The molecule has 3 rings (SSSR count). The summed E-state index contributed by atoms with van der Waals surface area (Å²) in [5.74, 6) is 0.843. The van der Waals surface area contributed by atoms with Crippen molar-refractivity contribution in [2.24, 2.45) is 0 Å². The quantitative estimate of drug-likeness (QED) is 0.417. The van der Waals surface area contributed by atoms with E-state index in [1.807, 2.05) is 55.5 Å². The lowest BCUT2D eigenvalue weighted by molar-refractivity contribution is 0.0994. The van der Waals surface area contributed by atoms with Crippen molar-refractivity contribution in [1.82, 2.24) is 20.2 Å². The molecule has 0 radical (unpaired) electrons. The Morgan fingerprint density at radius 1 is 1.19 bits per heavy atom. The number of thioether (sulfide) groups is 1. The van der Waals surface area contributed by atoms with E-state index in [0.29, 0.717) is 17.3 Å². The number of aromatic nitrogens is 4. The fraction of sp³-hybridized carbons (Fsp3) is 0.222. The molecule has 0 saturated heterocycles. The zero-order valence-electron chi connectivity index (χ0n) is 14.3. The highest BCUT2D eigenvalue weighted by Gasteiger charge is 2.20. The molecule has 0 spiro atoms. The van der Waals surface area contributed by atoms with Crippen molar-refractivity contribution >= 4 is 33.5 Å². The number of ketones is 1. The lowest BCUT2D eigenvalue weighted by Crippen LogP contribution is -2.15. The van der Waals surface area contributed by atoms with E-state index in [4.69, 9.17) is 4.74 Å². The van der Waals surface area contributed by atoms with Gasteiger partial charge in [-0.05, 0) is 47.2 Å². The Balaban J connectivity index is 1.69. The van der Waals surface area contributed by atoms with E-state index in [1.165, 1.54) is 11.8 Å². The second-order valence-corrected chi connectivity index (χ2v) is 7.82. The van der Waals surface area contributed by atoms with Gasteiger partial charge in [-0.15, -0.1) is 5.10 Å². The van der Waals surface area contributed by atoms with Gasteiger partial charge in [0.25, 0.3) is 0 Å². The van der Waals surface area contributed by atoms with Crippen molar-refractivity contribution in [1.29, 1.82) is 0 Å². The topological polar surface area (TPSA) is 69.9 Å². The van der Waals surface area contributed by atoms with Gasteiger partial charge < -0.3 is 4.74 Å². The molecule has 0 aliphatic heterocycles. The number of nitrogens with zero attached hydrogens (tertiary/aromatic N) is 4. The van der Waals surface area contributed by atoms with E-state index in [9.17, 15) is 4.79 Å². The normalized spacial score (nSPS) is 12.0. The molecule has 8 heteroatoms. The Kier molecular flexibility index (Phi) is 6.05. The Morgan fingerprint density at radius 3 is 2.54 bits per heavy atom. The predicted molar refractivity (Wildman–Crippen MR) is 104 cm³/mol. The van der Waals surface area contributed by atoms with Gasteiger partial charge in [-0.25, -0.2) is 4.68 Å². The Labute approximate surface area is 164 Å². The number of hydrogen-bond donors (Lipinski definition) is 0. The van der Waals surface area contributed by atoms with Crippen LogP contribution in [0.25, 0.3) is 0 Å². The Morgan fingerprint density at radius 2 is 1.88 bits per heavy atom. The maximum atomic E-state index is 12.6. The van der Waals surface area contributed by atoms with Crippen molar-refractivity contribution in [3.63, 3.8) is 0 Å². The molecule has 0 bridgehead atoms. The highest BCUT2D eigenvalue weighted by atomic mass is 79.9. The molecule has 134 valence electrons. The number of ether oxygens (including phenoxy) is 1. The number of carbonyl (C=O) groups excluding carboxylic acids is 1. The average molecular weight is 433 g/mol. The molecule has 0 aliphatic carbocycles. The highest BCUT2D eigenvalue weighted by Crippen LogP contribution is 2.24. The number of benzene rings is 2. The van der Waals surface area contributed by atoms with Crippen molar-refractivity contribution < 1.29 is 9.53 Å². The maximum Gasteiger partial charge on any atom is 0.210 e. The first-order chi connectivity index (χ1) is 12.6. The number of Topliss-reactive ketones (excluding diaryl/α,β-unsaturated/α-hetero) is 1. The van der Waals surface area contributed by atoms with Crippen molar-refractivity contribution in [3.8, 4) is 5.75 Å². The SMILES string of the molecule is COc1ccc(Cn2nnnc2S[C@@H](C)C(=O)c2ccc(Br)cc2)cc1. The van der Waals surface area contributed by atoms with Crippen LogP contribution in [-0.2, 0) is 6.54 Å². The monoisotopic (exact) mass is 432 g/mol. The summed E-state index contributed by atoms with van der Waals surface area (Å²) < 4.78 is 7.80. The molecule has 1 heterocycles. The number of methoxy groups -OCH3 is 1. The summed E-state index contributed by atoms with van der Waals surface area (Å²) in [6, 6.07) is 15.1. The Hall–Kier alpha value is -2.19. The minimum atomic E-state index is -0.295. The van der Waals surface area contributed by atoms with Crippen LogP contribution >= 0.6 is 27.7 Å². The van der Waals surface area contributed by atoms with Gasteiger partial charge in [-0.1, -0.05) is 52.0 Å². The minimum Gasteiger partial charge on any atom is -0.497 e. The highest BCUT2D eigenvalue weighted by molar-refractivity contribution is 9.10. The van der Waals surface area contributed by atoms with Gasteiger partial charge in [0.15, 0.2) is 5.78 Å². The summed E-state index contributed by atoms with van der Waals surface area (Å²) in [5.41, 5.74) is 1.72. The van der Waals surface area contributed by atoms with Gasteiger partial charge in [-0.2, -0.15) is 0 Å². The van der Waals surface area contributed by atoms with Crippen molar-refractivity contribution in [3.05, 3.63) is 64.1 Å². The van der Waals surface area contributed by atoms with E-state index in [2.05, 4.69) is 31.5 Å². The van der Waals surface area contributed by atoms with E-state index in [0.717, 1.165) is 15.8 Å². The number of rotatable bonds is 7. The van der Waals surface area contributed by atoms with Gasteiger partial charge in [0.1, 0.15) is 5.75 Å². The fourth-order valence-electron chi connectivity index (χ4n) is 2.34. The summed E-state index contributed by atoms with van der Waals surface area (Å²) >= 11 is 4.73. The number of hydrogen-bond acceptors (Lipinski definition) is 6. The molecule has 0 unspecified atom stereocenters. The molecule has 0 fully saturated rings. The Bertz CT molecular complexity index is 881. The summed E-state index contributed by atoms with van der Waals surface area (Å²) in [7, 11) is 1.63. The van der Waals surface area contributed by atoms with Gasteiger partial charge in [0.2, 0.25) is 5.16 Å². The maximum absolute atomic E-state index is 12.6. The zero-order valence-corrected chi connectivity index (χ0v) is 16.7. The molecule has 26 heavy (non-hydrogen) atoms. The van der Waals surface area contributed by atoms with Gasteiger partial charge in [0.05, 0.1) is 18.9 Å². The summed E-state index contributed by atoms with van der Waals surface area (Å²) in [5, 5.41) is 12.2. The molecule has 3 aromatic rings. The van der Waals surface area contributed by atoms with Gasteiger partial charge >= 0.3 is 0 Å². The van der Waals surface area contributed by atoms with Gasteiger partial charge in [0, 0.05) is 10.0 Å². The van der Waals surface area contributed by atoms with Crippen LogP contribution in [0.2, 0.25) is 0 Å². The van der Waals surface area contributed by atoms with E-state index >= 15 is 0 Å². The van der Waals surface area contributed by atoms with Crippen LogP contribution in [0.1, 0.15) is 22.8 Å². The molecule has 2 aromatic carbocycles. The van der Waals surface area contributed by atoms with Gasteiger partial charge in [-0.3, -0.25) is 4.79 Å². The minimum absolute atomic E-state index is 0.0431. The van der Waals surface area contributed by atoms with E-state index in [-0.39, 0.29) is 11.0 Å². The summed E-state index contributed by atoms with van der Waals surface area (Å²) in [6.07, 6.45) is 0. The van der Waals surface area contributed by atoms with Crippen molar-refractivity contribution in [2.75, 3.05) is 7.11 Å². The molecular weight excluding hydrogens is 416 g/mol. The molecule has 0 saturated carbocycles. The third kappa shape index (κ3) is 4.50. The summed E-state index contributed by atoms with van der Waals surface area (Å²) in [4.78, 5) is 12.6. The smallest absolute Gasteiger partial charge is 0.210 e. The summed E-state index contributed by atoms with van der Waals surface area (Å²) in [6.45, 7) is 2.39. The lowest BCUT2D eigenvalue weighted by atomic mass is 10.1. The first-order valence-corrected chi connectivity index (χ1v) is 9.59. The molecule has 0 aliphatic rings. The number of tetrazole rings is 1. The third-order valence-electron chi connectivity index (χ3n) is 3.77. The molecule has 1 atom stereocenters. The standard InChI is InChI=1S/C18H17BrN4O2S/c1-12(17(24)14-5-7-15(19)8-6-14)26-18-20-21-22-23(18)11-13-3-9-16(25-2)10-4-13/h3-10,12H,11H2,1-2H3/t12-/m0/s1. The van der Waals surface area contributed by atoms with Crippen LogP contribution in [0.4, 0.5) is 0 Å². The van der Waals surface area contributed by atoms with Crippen molar-refractivity contribution in [2.45, 2.75) is 23.9 Å². The predicted octanol–water partition coefficient (Wildman–Crippen LogP) is 3.86. The molecule has 0 N–H and O–H groups in total. The largest absolute Gasteiger partial charge is 0.497 e. The van der Waals surface area contributed by atoms with Crippen LogP contribution in [0.5, 0.6) is 5.75 Å². The third-order valence-corrected chi connectivity index (χ3v) is 5.37. The second-order valence-electron chi connectivity index (χ2n) is 5.60. The molecule has 6 nitrogen and oxygen atoms in total. The number of halogens is 1. The first-order valence-electron chi connectivity index (χ1n) is 7.92. The fourth-order valence-corrected chi connectivity index (χ4v) is 3.47. The van der Waals surface area contributed by atoms with Crippen LogP contribution in [0.3, 0.4) is 0 Å². The lowest BCUT2D eigenvalue weighted by Gasteiger charge is -2.10. The van der Waals surface area contributed by atoms with Crippen LogP contribution in [0.15, 0.2) is 58.2 Å². The molecular formula is C18H17BrN4O2S. The number of carbonyl (C=O) groups is 1. The average Bonchev–Trinajstić information content (AvgIpc) is 3.09. The molecule has 0 amide bonds. The second kappa shape index (κ2) is 8.46. The van der Waals surface area contributed by atoms with E-state index < -0.39 is 0 Å². The molecule has 1 aromatic heterocycles. The van der Waals surface area contributed by atoms with Crippen LogP contribution < -0.4 is 4.74 Å². The van der Waals surface area contributed by atoms with E-state index in [1.54, 1.807) is 11.8 Å². The van der Waals surface area contributed by atoms with Crippen LogP contribution in [0, 0.1) is 0 Å². The first kappa shape index (κ1) is 18.6. The van der Waals surface area contributed by atoms with Crippen LogP contribution in [-0.4, -0.2) is 38.4 Å².